The van der Waals surface area contributed by atoms with Crippen LogP contribution in [0.5, 0.6) is 0 Å². The fourth-order valence-electron chi connectivity index (χ4n) is 2.25. The van der Waals surface area contributed by atoms with Crippen molar-refractivity contribution in [3.05, 3.63) is 46.4 Å². The Kier molecular flexibility index (Phi) is 5.19. The molecule has 2 aromatic carbocycles. The first kappa shape index (κ1) is 16.5. The van der Waals surface area contributed by atoms with E-state index in [4.69, 9.17) is 4.74 Å². The molecule has 2 rings (SSSR count). The Bertz CT molecular complexity index is 712. The maximum absolute atomic E-state index is 12.5. The van der Waals surface area contributed by atoms with Gasteiger partial charge in [0.2, 0.25) is 0 Å². The Morgan fingerprint density at radius 1 is 1.14 bits per heavy atom. The zero-order valence-electron chi connectivity index (χ0n) is 12.7. The van der Waals surface area contributed by atoms with Crippen molar-refractivity contribution in [2.45, 2.75) is 19.9 Å². The summed E-state index contributed by atoms with van der Waals surface area (Å²) in [7, 11) is 1.32. The highest BCUT2D eigenvalue weighted by Gasteiger charge is 2.26. The van der Waals surface area contributed by atoms with E-state index in [0.717, 1.165) is 15.2 Å². The van der Waals surface area contributed by atoms with Gasteiger partial charge in [-0.25, -0.2) is 4.79 Å². The number of carbonyl (C=O) groups excluding carboxylic acids is 2. The first-order valence-corrected chi connectivity index (χ1v) is 7.81. The van der Waals surface area contributed by atoms with E-state index >= 15 is 0 Å². The monoisotopic (exact) mass is 363 g/mol. The van der Waals surface area contributed by atoms with E-state index in [1.807, 2.05) is 44.2 Å². The van der Waals surface area contributed by atoms with Crippen LogP contribution in [0.4, 0.5) is 0 Å². The second-order valence-corrected chi connectivity index (χ2v) is 6.16. The number of esters is 1. The number of rotatable bonds is 4. The minimum Gasteiger partial charge on any atom is -0.467 e. The number of hydrogen-bond donors (Lipinski definition) is 1. The quantitative estimate of drug-likeness (QED) is 0.845. The molecule has 0 heterocycles. The van der Waals surface area contributed by atoms with Crippen molar-refractivity contribution in [3.8, 4) is 0 Å². The largest absolute Gasteiger partial charge is 0.467 e. The Morgan fingerprint density at radius 2 is 1.82 bits per heavy atom. The summed E-state index contributed by atoms with van der Waals surface area (Å²) in [5, 5.41) is 4.74. The first-order chi connectivity index (χ1) is 10.5. The average Bonchev–Trinajstić information content (AvgIpc) is 2.52. The van der Waals surface area contributed by atoms with Crippen molar-refractivity contribution in [1.29, 1.82) is 0 Å². The third-order valence-corrected chi connectivity index (χ3v) is 4.37. The van der Waals surface area contributed by atoms with E-state index in [9.17, 15) is 9.59 Å². The molecule has 0 aromatic heterocycles. The number of carbonyl (C=O) groups is 2. The van der Waals surface area contributed by atoms with Crippen LogP contribution in [-0.2, 0) is 9.53 Å². The second kappa shape index (κ2) is 6.92. The number of amides is 1. The molecular formula is C17H18BrNO3. The van der Waals surface area contributed by atoms with Crippen LogP contribution >= 0.6 is 15.9 Å². The van der Waals surface area contributed by atoms with Crippen molar-refractivity contribution < 1.29 is 14.3 Å². The SMILES string of the molecule is COC(=O)[C@@H](NC(=O)c1ccc2ccccc2c1Br)C(C)C. The predicted molar refractivity (Wildman–Crippen MR) is 89.8 cm³/mol. The van der Waals surface area contributed by atoms with Crippen LogP contribution in [0.2, 0.25) is 0 Å². The summed E-state index contributed by atoms with van der Waals surface area (Å²) in [5.41, 5.74) is 0.494. The lowest BCUT2D eigenvalue weighted by Crippen LogP contribution is -2.45. The molecule has 22 heavy (non-hydrogen) atoms. The number of ether oxygens (including phenoxy) is 1. The smallest absolute Gasteiger partial charge is 0.328 e. The van der Waals surface area contributed by atoms with E-state index in [0.29, 0.717) is 5.56 Å². The molecule has 0 fully saturated rings. The standard InChI is InChI=1S/C17H18BrNO3/c1-10(2)15(17(21)22-3)19-16(20)13-9-8-11-6-4-5-7-12(11)14(13)18/h4-10,15H,1-3H3,(H,19,20)/t15-/m0/s1. The molecule has 0 saturated heterocycles. The van der Waals surface area contributed by atoms with Gasteiger partial charge in [0, 0.05) is 4.47 Å². The van der Waals surface area contributed by atoms with Crippen LogP contribution < -0.4 is 5.32 Å². The topological polar surface area (TPSA) is 55.4 Å². The molecule has 1 amide bonds. The lowest BCUT2D eigenvalue weighted by molar-refractivity contribution is -0.144. The van der Waals surface area contributed by atoms with Crippen LogP contribution in [0.3, 0.4) is 0 Å². The fraction of sp³-hybridized carbons (Fsp3) is 0.294. The van der Waals surface area contributed by atoms with E-state index in [1.165, 1.54) is 7.11 Å². The number of nitrogens with one attached hydrogen (secondary N) is 1. The summed E-state index contributed by atoms with van der Waals surface area (Å²) in [6, 6.07) is 10.7. The van der Waals surface area contributed by atoms with Gasteiger partial charge in [-0.05, 0) is 38.7 Å². The zero-order chi connectivity index (χ0) is 16.3. The Balaban J connectivity index is 2.33. The summed E-state index contributed by atoms with van der Waals surface area (Å²) in [5.74, 6) is -0.808. The van der Waals surface area contributed by atoms with Gasteiger partial charge in [0.1, 0.15) is 6.04 Å². The van der Waals surface area contributed by atoms with Gasteiger partial charge >= 0.3 is 5.97 Å². The molecular weight excluding hydrogens is 346 g/mol. The lowest BCUT2D eigenvalue weighted by atomic mass is 10.0. The van der Waals surface area contributed by atoms with Crippen molar-refractivity contribution in [2.24, 2.45) is 5.92 Å². The maximum atomic E-state index is 12.5. The molecule has 0 spiro atoms. The maximum Gasteiger partial charge on any atom is 0.328 e. The van der Waals surface area contributed by atoms with Crippen LogP contribution in [0.1, 0.15) is 24.2 Å². The van der Waals surface area contributed by atoms with E-state index in [1.54, 1.807) is 6.07 Å². The second-order valence-electron chi connectivity index (χ2n) is 5.37. The molecule has 0 aliphatic carbocycles. The van der Waals surface area contributed by atoms with Crippen LogP contribution in [0.25, 0.3) is 10.8 Å². The minimum absolute atomic E-state index is 0.0596. The van der Waals surface area contributed by atoms with Crippen LogP contribution in [0.15, 0.2) is 40.9 Å². The fourth-order valence-corrected chi connectivity index (χ4v) is 2.93. The molecule has 116 valence electrons. The number of methoxy groups -OCH3 is 1. The van der Waals surface area contributed by atoms with Gasteiger partial charge in [-0.1, -0.05) is 44.2 Å². The Labute approximate surface area is 138 Å². The zero-order valence-corrected chi connectivity index (χ0v) is 14.3. The normalized spacial score (nSPS) is 12.2. The van der Waals surface area contributed by atoms with Gasteiger partial charge in [0.15, 0.2) is 0 Å². The van der Waals surface area contributed by atoms with E-state index < -0.39 is 12.0 Å². The molecule has 0 unspecified atom stereocenters. The van der Waals surface area contributed by atoms with Crippen molar-refractivity contribution in [1.82, 2.24) is 5.32 Å². The van der Waals surface area contributed by atoms with Gasteiger partial charge in [0.05, 0.1) is 12.7 Å². The molecule has 0 bridgehead atoms. The third-order valence-electron chi connectivity index (χ3n) is 3.52. The average molecular weight is 364 g/mol. The highest BCUT2D eigenvalue weighted by molar-refractivity contribution is 9.10. The third kappa shape index (κ3) is 3.30. The van der Waals surface area contributed by atoms with Crippen LogP contribution in [0, 0.1) is 5.92 Å². The molecule has 0 radical (unpaired) electrons. The van der Waals surface area contributed by atoms with Crippen LogP contribution in [-0.4, -0.2) is 25.0 Å². The molecule has 4 nitrogen and oxygen atoms in total. The minimum atomic E-state index is -0.670. The molecule has 0 saturated carbocycles. The van der Waals surface area contributed by atoms with E-state index in [2.05, 4.69) is 21.2 Å². The van der Waals surface area contributed by atoms with E-state index in [-0.39, 0.29) is 11.8 Å². The van der Waals surface area contributed by atoms with Gasteiger partial charge in [-0.2, -0.15) is 0 Å². The number of halogens is 1. The highest BCUT2D eigenvalue weighted by Crippen LogP contribution is 2.27. The number of hydrogen-bond acceptors (Lipinski definition) is 3. The summed E-state index contributed by atoms with van der Waals surface area (Å²) in [4.78, 5) is 24.3. The summed E-state index contributed by atoms with van der Waals surface area (Å²) in [6.07, 6.45) is 0. The molecule has 1 atom stereocenters. The molecule has 0 aliphatic rings. The van der Waals surface area contributed by atoms with Gasteiger partial charge < -0.3 is 10.1 Å². The summed E-state index contributed by atoms with van der Waals surface area (Å²) < 4.78 is 5.46. The van der Waals surface area contributed by atoms with Gasteiger partial charge in [-0.3, -0.25) is 4.79 Å². The highest BCUT2D eigenvalue weighted by atomic mass is 79.9. The lowest BCUT2D eigenvalue weighted by Gasteiger charge is -2.20. The van der Waals surface area contributed by atoms with Crippen molar-refractivity contribution >= 4 is 38.6 Å². The summed E-state index contributed by atoms with van der Waals surface area (Å²) >= 11 is 3.49. The number of fused-ring (bicyclic) bond motifs is 1. The van der Waals surface area contributed by atoms with Gasteiger partial charge in [0.25, 0.3) is 5.91 Å². The van der Waals surface area contributed by atoms with Crippen molar-refractivity contribution in [3.63, 3.8) is 0 Å². The Morgan fingerprint density at radius 3 is 2.45 bits per heavy atom. The molecule has 0 aliphatic heterocycles. The Hall–Kier alpha value is -1.88. The summed E-state index contributed by atoms with van der Waals surface area (Å²) in [6.45, 7) is 3.72. The first-order valence-electron chi connectivity index (χ1n) is 7.01. The molecule has 2 aromatic rings. The van der Waals surface area contributed by atoms with Crippen molar-refractivity contribution in [2.75, 3.05) is 7.11 Å². The van der Waals surface area contributed by atoms with Gasteiger partial charge in [-0.15, -0.1) is 0 Å². The molecule has 1 N–H and O–H groups in total. The predicted octanol–water partition coefficient (Wildman–Crippen LogP) is 3.53. The number of benzene rings is 2. The molecule has 5 heteroatoms.